The quantitative estimate of drug-likeness (QED) is 0.531. The number of rotatable bonds is 3. The second kappa shape index (κ2) is 3.70. The van der Waals surface area contributed by atoms with Gasteiger partial charge in [-0.25, -0.2) is 15.5 Å². The van der Waals surface area contributed by atoms with Crippen LogP contribution in [0.4, 0.5) is 5.82 Å². The summed E-state index contributed by atoms with van der Waals surface area (Å²) in [6.45, 7) is 2.55. The van der Waals surface area contributed by atoms with Gasteiger partial charge in [-0.3, -0.25) is 4.68 Å². The second-order valence-corrected chi connectivity index (χ2v) is 3.27. The molecule has 0 aromatic carbocycles. The first-order valence-corrected chi connectivity index (χ1v) is 4.54. The molecule has 2 aromatic heterocycles. The van der Waals surface area contributed by atoms with Crippen molar-refractivity contribution >= 4 is 5.82 Å². The molecule has 2 heterocycles. The molecule has 2 rings (SSSR count). The highest BCUT2D eigenvalue weighted by Crippen LogP contribution is 2.18. The second-order valence-electron chi connectivity index (χ2n) is 3.27. The summed E-state index contributed by atoms with van der Waals surface area (Å²) in [5.41, 5.74) is 4.59. The topological polar surface area (TPSA) is 86.6 Å². The lowest BCUT2D eigenvalue weighted by molar-refractivity contribution is 0.682. The van der Waals surface area contributed by atoms with E-state index in [1.54, 1.807) is 15.7 Å². The van der Waals surface area contributed by atoms with Crippen molar-refractivity contribution in [2.24, 2.45) is 12.9 Å². The highest BCUT2D eigenvalue weighted by molar-refractivity contribution is 5.46. The van der Waals surface area contributed by atoms with Gasteiger partial charge in [-0.05, 0) is 6.92 Å². The molecule has 80 valence electrons. The van der Waals surface area contributed by atoms with Gasteiger partial charge in [0.05, 0.1) is 12.2 Å². The molecular weight excluding hydrogens is 194 g/mol. The fourth-order valence-electron chi connectivity index (χ4n) is 1.55. The lowest BCUT2D eigenvalue weighted by Crippen LogP contribution is -2.14. The maximum atomic E-state index is 5.44. The first-order valence-electron chi connectivity index (χ1n) is 4.54. The summed E-state index contributed by atoms with van der Waals surface area (Å²) in [6, 6.07) is 0. The van der Waals surface area contributed by atoms with E-state index in [4.69, 9.17) is 5.84 Å². The van der Waals surface area contributed by atoms with E-state index in [9.17, 15) is 0 Å². The molecule has 0 saturated carbocycles. The van der Waals surface area contributed by atoms with Gasteiger partial charge in [-0.15, -0.1) is 0 Å². The van der Waals surface area contributed by atoms with Gasteiger partial charge >= 0.3 is 0 Å². The third kappa shape index (κ3) is 1.68. The van der Waals surface area contributed by atoms with Crippen molar-refractivity contribution in [2.45, 2.75) is 13.5 Å². The Bertz CT molecular complexity index is 442. The molecule has 3 N–H and O–H groups in total. The number of anilines is 1. The first-order chi connectivity index (χ1) is 7.22. The van der Waals surface area contributed by atoms with Crippen molar-refractivity contribution in [3.8, 4) is 0 Å². The Kier molecular flexibility index (Phi) is 2.38. The number of aromatic nitrogens is 5. The Morgan fingerprint density at radius 2 is 2.33 bits per heavy atom. The largest absolute Gasteiger partial charge is 0.308 e. The normalized spacial score (nSPS) is 10.6. The predicted molar refractivity (Wildman–Crippen MR) is 54.9 cm³/mol. The Morgan fingerprint density at radius 3 is 2.93 bits per heavy atom. The smallest absolute Gasteiger partial charge is 0.143 e. The maximum absolute atomic E-state index is 5.44. The van der Waals surface area contributed by atoms with Crippen molar-refractivity contribution in [2.75, 3.05) is 5.43 Å². The van der Waals surface area contributed by atoms with E-state index < -0.39 is 0 Å². The number of nitrogen functional groups attached to an aromatic ring is 1. The van der Waals surface area contributed by atoms with Gasteiger partial charge in [0, 0.05) is 12.6 Å². The van der Waals surface area contributed by atoms with Crippen LogP contribution in [0.15, 0.2) is 12.7 Å². The van der Waals surface area contributed by atoms with Crippen molar-refractivity contribution in [3.05, 3.63) is 23.9 Å². The van der Waals surface area contributed by atoms with Crippen LogP contribution in [-0.4, -0.2) is 24.5 Å². The molecule has 0 spiro atoms. The van der Waals surface area contributed by atoms with Crippen molar-refractivity contribution < 1.29 is 0 Å². The summed E-state index contributed by atoms with van der Waals surface area (Å²) in [7, 11) is 1.84. The Hall–Kier alpha value is -1.89. The summed E-state index contributed by atoms with van der Waals surface area (Å²) in [4.78, 5) is 3.88. The molecule has 0 aliphatic heterocycles. The van der Waals surface area contributed by atoms with Crippen LogP contribution in [0.5, 0.6) is 0 Å². The van der Waals surface area contributed by atoms with Crippen LogP contribution in [0.25, 0.3) is 0 Å². The molecule has 0 unspecified atom stereocenters. The molecule has 0 bridgehead atoms. The minimum Gasteiger partial charge on any atom is -0.308 e. The fourth-order valence-corrected chi connectivity index (χ4v) is 1.55. The summed E-state index contributed by atoms with van der Waals surface area (Å²) in [6.07, 6.45) is 3.16. The Balaban J connectivity index is 2.35. The van der Waals surface area contributed by atoms with Crippen LogP contribution in [0, 0.1) is 6.92 Å². The molecule has 0 radical (unpaired) electrons. The van der Waals surface area contributed by atoms with E-state index >= 15 is 0 Å². The number of nitrogens with zero attached hydrogens (tertiary/aromatic N) is 5. The van der Waals surface area contributed by atoms with Crippen molar-refractivity contribution in [3.63, 3.8) is 0 Å². The van der Waals surface area contributed by atoms with Gasteiger partial charge in [-0.2, -0.15) is 10.2 Å². The molecule has 0 amide bonds. The van der Waals surface area contributed by atoms with E-state index in [1.807, 2.05) is 14.0 Å². The Labute approximate surface area is 86.9 Å². The number of hydrogen-bond donors (Lipinski definition) is 2. The third-order valence-corrected chi connectivity index (χ3v) is 2.27. The molecule has 0 aliphatic carbocycles. The van der Waals surface area contributed by atoms with E-state index in [1.165, 1.54) is 6.33 Å². The van der Waals surface area contributed by atoms with Gasteiger partial charge in [0.2, 0.25) is 0 Å². The molecule has 0 fully saturated rings. The van der Waals surface area contributed by atoms with E-state index in [0.717, 1.165) is 17.1 Å². The monoisotopic (exact) mass is 207 g/mol. The van der Waals surface area contributed by atoms with Gasteiger partial charge in [0.15, 0.2) is 0 Å². The highest BCUT2D eigenvalue weighted by atomic mass is 15.4. The lowest BCUT2D eigenvalue weighted by Gasteiger charge is -2.04. The maximum Gasteiger partial charge on any atom is 0.143 e. The van der Waals surface area contributed by atoms with Crippen LogP contribution < -0.4 is 11.3 Å². The predicted octanol–water partition coefficient (Wildman–Crippen LogP) is -0.346. The zero-order valence-corrected chi connectivity index (χ0v) is 8.68. The standard InChI is InChI=1S/C8H13N7/c1-6-7(3-15-5-10-4-11-15)8(12-9)14(2)13-6/h4-5,12H,3,9H2,1-2H3. The summed E-state index contributed by atoms with van der Waals surface area (Å²) < 4.78 is 3.44. The number of aryl methyl sites for hydroxylation is 2. The minimum atomic E-state index is 0.610. The number of hydrazine groups is 1. The molecule has 0 saturated heterocycles. The lowest BCUT2D eigenvalue weighted by atomic mass is 10.2. The summed E-state index contributed by atoms with van der Waals surface area (Å²) in [5, 5.41) is 8.31. The van der Waals surface area contributed by atoms with Gasteiger partial charge in [0.25, 0.3) is 0 Å². The van der Waals surface area contributed by atoms with Gasteiger partial charge in [0.1, 0.15) is 18.5 Å². The van der Waals surface area contributed by atoms with Crippen molar-refractivity contribution in [1.29, 1.82) is 0 Å². The average Bonchev–Trinajstić information content (AvgIpc) is 2.77. The highest BCUT2D eigenvalue weighted by Gasteiger charge is 2.12. The van der Waals surface area contributed by atoms with Gasteiger partial charge in [-0.1, -0.05) is 0 Å². The van der Waals surface area contributed by atoms with Crippen LogP contribution in [-0.2, 0) is 13.6 Å². The van der Waals surface area contributed by atoms with Crippen molar-refractivity contribution in [1.82, 2.24) is 24.5 Å². The van der Waals surface area contributed by atoms with Crippen LogP contribution >= 0.6 is 0 Å². The summed E-state index contributed by atoms with van der Waals surface area (Å²) in [5.74, 6) is 6.23. The zero-order valence-electron chi connectivity index (χ0n) is 8.68. The van der Waals surface area contributed by atoms with E-state index in [-0.39, 0.29) is 0 Å². The molecule has 0 aliphatic rings. The fraction of sp³-hybridized carbons (Fsp3) is 0.375. The first kappa shape index (κ1) is 9.66. The van der Waals surface area contributed by atoms with Crippen LogP contribution in [0.3, 0.4) is 0 Å². The SMILES string of the molecule is Cc1nn(C)c(NN)c1Cn1cncn1. The molecule has 7 nitrogen and oxygen atoms in total. The average molecular weight is 207 g/mol. The van der Waals surface area contributed by atoms with Crippen LogP contribution in [0.2, 0.25) is 0 Å². The molecule has 15 heavy (non-hydrogen) atoms. The third-order valence-electron chi connectivity index (χ3n) is 2.27. The van der Waals surface area contributed by atoms with Gasteiger partial charge < -0.3 is 5.43 Å². The van der Waals surface area contributed by atoms with Crippen LogP contribution in [0.1, 0.15) is 11.3 Å². The molecular formula is C8H13N7. The van der Waals surface area contributed by atoms with E-state index in [0.29, 0.717) is 6.54 Å². The number of nitrogens with one attached hydrogen (secondary N) is 1. The minimum absolute atomic E-state index is 0.610. The number of nitrogens with two attached hydrogens (primary N) is 1. The molecule has 0 atom stereocenters. The summed E-state index contributed by atoms with van der Waals surface area (Å²) >= 11 is 0. The van der Waals surface area contributed by atoms with E-state index in [2.05, 4.69) is 20.6 Å². The number of hydrogen-bond acceptors (Lipinski definition) is 5. The Morgan fingerprint density at radius 1 is 1.53 bits per heavy atom. The molecule has 7 heteroatoms. The zero-order chi connectivity index (χ0) is 10.8. The molecule has 2 aromatic rings.